The van der Waals surface area contributed by atoms with Crippen molar-refractivity contribution in [3.63, 3.8) is 0 Å². The van der Waals surface area contributed by atoms with Gasteiger partial charge in [0, 0.05) is 0 Å². The van der Waals surface area contributed by atoms with Crippen molar-refractivity contribution >= 4 is 17.5 Å². The Morgan fingerprint density at radius 1 is 1.32 bits per heavy atom. The lowest BCUT2D eigenvalue weighted by molar-refractivity contribution is 0.0690. The molecule has 0 aliphatic heterocycles. The number of hydrogen-bond donors (Lipinski definition) is 2. The maximum absolute atomic E-state index is 10.8. The summed E-state index contributed by atoms with van der Waals surface area (Å²) in [5.74, 6) is -0.699. The molecular weight excluding hydrogens is 242 g/mol. The molecular formula is C14H11N3O2. The van der Waals surface area contributed by atoms with Crippen LogP contribution in [0.5, 0.6) is 0 Å². The molecule has 94 valence electrons. The van der Waals surface area contributed by atoms with E-state index in [4.69, 9.17) is 10.4 Å². The third-order valence-corrected chi connectivity index (χ3v) is 2.62. The standard InChI is InChI=1S/C14H11N3O2/c1-9-4-2-5-11(10(9)8-15)16-13-7-3-6-12(17-13)14(18)19/h2-7H,1H3,(H,16,17)(H,18,19). The summed E-state index contributed by atoms with van der Waals surface area (Å²) in [4.78, 5) is 14.8. The van der Waals surface area contributed by atoms with Crippen molar-refractivity contribution in [3.05, 3.63) is 53.2 Å². The molecule has 2 rings (SSSR count). The van der Waals surface area contributed by atoms with E-state index in [2.05, 4.69) is 16.4 Å². The lowest BCUT2D eigenvalue weighted by atomic mass is 10.1. The second-order valence-electron chi connectivity index (χ2n) is 3.95. The Hall–Kier alpha value is -2.87. The highest BCUT2D eigenvalue weighted by Crippen LogP contribution is 2.22. The molecule has 0 saturated carbocycles. The van der Waals surface area contributed by atoms with E-state index in [0.29, 0.717) is 17.1 Å². The van der Waals surface area contributed by atoms with Gasteiger partial charge in [0.2, 0.25) is 0 Å². The fraction of sp³-hybridized carbons (Fsp3) is 0.0714. The van der Waals surface area contributed by atoms with E-state index < -0.39 is 5.97 Å². The second-order valence-corrected chi connectivity index (χ2v) is 3.95. The van der Waals surface area contributed by atoms with Gasteiger partial charge in [0.15, 0.2) is 5.69 Å². The fourth-order valence-corrected chi connectivity index (χ4v) is 1.68. The van der Waals surface area contributed by atoms with Crippen molar-refractivity contribution in [2.75, 3.05) is 5.32 Å². The highest BCUT2D eigenvalue weighted by molar-refractivity contribution is 5.86. The fourth-order valence-electron chi connectivity index (χ4n) is 1.68. The molecule has 0 amide bonds. The summed E-state index contributed by atoms with van der Waals surface area (Å²) in [6.07, 6.45) is 0. The lowest BCUT2D eigenvalue weighted by Crippen LogP contribution is -2.03. The molecule has 0 radical (unpaired) electrons. The number of rotatable bonds is 3. The SMILES string of the molecule is Cc1cccc(Nc2cccc(C(=O)O)n2)c1C#N. The Morgan fingerprint density at radius 2 is 2.05 bits per heavy atom. The largest absolute Gasteiger partial charge is 0.477 e. The molecule has 0 unspecified atom stereocenters. The number of hydrogen-bond acceptors (Lipinski definition) is 4. The summed E-state index contributed by atoms with van der Waals surface area (Å²) in [7, 11) is 0. The molecule has 0 spiro atoms. The first-order chi connectivity index (χ1) is 9.11. The van der Waals surface area contributed by atoms with Gasteiger partial charge in [0.05, 0.1) is 11.3 Å². The van der Waals surface area contributed by atoms with E-state index in [-0.39, 0.29) is 5.69 Å². The summed E-state index contributed by atoms with van der Waals surface area (Å²) < 4.78 is 0. The molecule has 0 fully saturated rings. The van der Waals surface area contributed by atoms with Crippen LogP contribution < -0.4 is 5.32 Å². The number of nitrogens with one attached hydrogen (secondary N) is 1. The Balaban J connectivity index is 2.37. The number of aryl methyl sites for hydroxylation is 1. The third-order valence-electron chi connectivity index (χ3n) is 2.62. The molecule has 1 aromatic heterocycles. The van der Waals surface area contributed by atoms with Gasteiger partial charge in [-0.15, -0.1) is 0 Å². The van der Waals surface area contributed by atoms with E-state index in [9.17, 15) is 4.79 Å². The van der Waals surface area contributed by atoms with Gasteiger partial charge >= 0.3 is 5.97 Å². The molecule has 0 atom stereocenters. The Kier molecular flexibility index (Phi) is 3.44. The minimum absolute atomic E-state index is 0.0452. The number of aromatic carboxylic acids is 1. The van der Waals surface area contributed by atoms with E-state index in [0.717, 1.165) is 5.56 Å². The molecule has 1 heterocycles. The zero-order chi connectivity index (χ0) is 13.8. The smallest absolute Gasteiger partial charge is 0.354 e. The summed E-state index contributed by atoms with van der Waals surface area (Å²) in [5.41, 5.74) is 1.93. The average molecular weight is 253 g/mol. The van der Waals surface area contributed by atoms with Gasteiger partial charge in [-0.3, -0.25) is 0 Å². The van der Waals surface area contributed by atoms with Gasteiger partial charge in [-0.25, -0.2) is 9.78 Å². The molecule has 0 aliphatic carbocycles. The topological polar surface area (TPSA) is 86.0 Å². The van der Waals surface area contributed by atoms with Crippen LogP contribution in [0.25, 0.3) is 0 Å². The highest BCUT2D eigenvalue weighted by Gasteiger charge is 2.08. The van der Waals surface area contributed by atoms with Crippen molar-refractivity contribution in [1.82, 2.24) is 4.98 Å². The number of aromatic nitrogens is 1. The minimum atomic E-state index is -1.09. The lowest BCUT2D eigenvalue weighted by Gasteiger charge is -2.09. The van der Waals surface area contributed by atoms with Crippen LogP contribution in [0.15, 0.2) is 36.4 Å². The first-order valence-electron chi connectivity index (χ1n) is 5.59. The van der Waals surface area contributed by atoms with Gasteiger partial charge in [-0.2, -0.15) is 5.26 Å². The van der Waals surface area contributed by atoms with Crippen molar-refractivity contribution < 1.29 is 9.90 Å². The summed E-state index contributed by atoms with van der Waals surface area (Å²) in [6.45, 7) is 1.84. The minimum Gasteiger partial charge on any atom is -0.477 e. The number of pyridine rings is 1. The van der Waals surface area contributed by atoms with Crippen LogP contribution in [0.2, 0.25) is 0 Å². The van der Waals surface area contributed by atoms with Crippen LogP contribution in [0.1, 0.15) is 21.6 Å². The maximum atomic E-state index is 10.8. The van der Waals surface area contributed by atoms with Gasteiger partial charge in [-0.05, 0) is 30.7 Å². The van der Waals surface area contributed by atoms with Crippen LogP contribution in [0.4, 0.5) is 11.5 Å². The van der Waals surface area contributed by atoms with E-state index >= 15 is 0 Å². The Morgan fingerprint density at radius 3 is 2.74 bits per heavy atom. The molecule has 5 heteroatoms. The van der Waals surface area contributed by atoms with Crippen molar-refractivity contribution in [3.8, 4) is 6.07 Å². The van der Waals surface area contributed by atoms with Crippen LogP contribution >= 0.6 is 0 Å². The quantitative estimate of drug-likeness (QED) is 0.878. The summed E-state index contributed by atoms with van der Waals surface area (Å²) >= 11 is 0. The Bertz CT molecular complexity index is 675. The van der Waals surface area contributed by atoms with Crippen LogP contribution in [-0.4, -0.2) is 16.1 Å². The van der Waals surface area contributed by atoms with Gasteiger partial charge in [0.25, 0.3) is 0 Å². The van der Waals surface area contributed by atoms with Crippen molar-refractivity contribution in [2.24, 2.45) is 0 Å². The molecule has 1 aromatic carbocycles. The summed E-state index contributed by atoms with van der Waals surface area (Å²) in [5, 5.41) is 21.0. The van der Waals surface area contributed by atoms with Crippen LogP contribution in [0, 0.1) is 18.3 Å². The van der Waals surface area contributed by atoms with Gasteiger partial charge < -0.3 is 10.4 Å². The number of nitrogens with zero attached hydrogens (tertiary/aromatic N) is 2. The number of carbonyl (C=O) groups is 1. The number of carboxylic acid groups (broad SMARTS) is 1. The van der Waals surface area contributed by atoms with E-state index in [1.54, 1.807) is 18.2 Å². The van der Waals surface area contributed by atoms with Gasteiger partial charge in [0.1, 0.15) is 11.9 Å². The van der Waals surface area contributed by atoms with E-state index in [1.165, 1.54) is 6.07 Å². The maximum Gasteiger partial charge on any atom is 0.354 e. The molecule has 5 nitrogen and oxygen atoms in total. The number of anilines is 2. The zero-order valence-electron chi connectivity index (χ0n) is 10.2. The molecule has 2 N–H and O–H groups in total. The molecule has 0 bridgehead atoms. The predicted octanol–water partition coefficient (Wildman–Crippen LogP) is 2.70. The second kappa shape index (κ2) is 5.19. The van der Waals surface area contributed by atoms with Crippen LogP contribution in [-0.2, 0) is 0 Å². The van der Waals surface area contributed by atoms with Crippen molar-refractivity contribution in [2.45, 2.75) is 6.92 Å². The molecule has 0 aliphatic rings. The molecule has 2 aromatic rings. The van der Waals surface area contributed by atoms with Crippen LogP contribution in [0.3, 0.4) is 0 Å². The normalized spacial score (nSPS) is 9.68. The van der Waals surface area contributed by atoms with Crippen molar-refractivity contribution in [1.29, 1.82) is 5.26 Å². The third kappa shape index (κ3) is 2.69. The first-order valence-corrected chi connectivity index (χ1v) is 5.59. The molecule has 0 saturated heterocycles. The predicted molar refractivity (Wildman–Crippen MR) is 70.4 cm³/mol. The van der Waals surface area contributed by atoms with E-state index in [1.807, 2.05) is 19.1 Å². The zero-order valence-corrected chi connectivity index (χ0v) is 10.2. The summed E-state index contributed by atoms with van der Waals surface area (Å²) in [6, 6.07) is 12.2. The number of nitriles is 1. The van der Waals surface area contributed by atoms with Gasteiger partial charge in [-0.1, -0.05) is 18.2 Å². The average Bonchev–Trinajstić information content (AvgIpc) is 2.39. The number of carboxylic acids is 1. The highest BCUT2D eigenvalue weighted by atomic mass is 16.4. The number of benzene rings is 1. The Labute approximate surface area is 110 Å². The molecule has 19 heavy (non-hydrogen) atoms. The first kappa shape index (κ1) is 12.6. The monoisotopic (exact) mass is 253 g/mol.